The molecule has 0 spiro atoms. The second-order valence-electron chi connectivity index (χ2n) is 1.27. The van der Waals surface area contributed by atoms with Gasteiger partial charge in [0, 0.05) is 14.2 Å². The van der Waals surface area contributed by atoms with Gasteiger partial charge in [0.25, 0.3) is 0 Å². The van der Waals surface area contributed by atoms with Crippen molar-refractivity contribution >= 4 is 8.03 Å². The van der Waals surface area contributed by atoms with E-state index in [1.165, 1.54) is 14.2 Å². The zero-order valence-electron chi connectivity index (χ0n) is 5.25. The van der Waals surface area contributed by atoms with Crippen molar-refractivity contribution in [1.29, 1.82) is 5.26 Å². The highest BCUT2D eigenvalue weighted by Gasteiger charge is 2.12. The van der Waals surface area contributed by atoms with Gasteiger partial charge in [-0.05, 0) is 0 Å². The summed E-state index contributed by atoms with van der Waals surface area (Å²) in [5, 5.41) is 8.20. The van der Waals surface area contributed by atoms with Crippen LogP contribution in [-0.2, 0) is 13.8 Å². The van der Waals surface area contributed by atoms with E-state index in [0.717, 1.165) is 0 Å². The molecule has 0 saturated heterocycles. The van der Waals surface area contributed by atoms with Crippen molar-refractivity contribution in [2.45, 2.75) is 5.85 Å². The standard InChI is InChI=1S/C4H8NO3P/c1-7-4(3-5)9(6)8-2/h4,9H,1-2H3. The van der Waals surface area contributed by atoms with Crippen molar-refractivity contribution in [2.24, 2.45) is 0 Å². The molecule has 0 heterocycles. The van der Waals surface area contributed by atoms with Crippen molar-refractivity contribution in [1.82, 2.24) is 0 Å². The van der Waals surface area contributed by atoms with Gasteiger partial charge in [-0.25, -0.2) is 0 Å². The smallest absolute Gasteiger partial charge is 0.233 e. The number of ether oxygens (including phenoxy) is 1. The fourth-order valence-electron chi connectivity index (χ4n) is 0.309. The van der Waals surface area contributed by atoms with E-state index >= 15 is 0 Å². The van der Waals surface area contributed by atoms with E-state index in [1.54, 1.807) is 6.07 Å². The molecule has 0 N–H and O–H groups in total. The Labute approximate surface area is 54.2 Å². The summed E-state index contributed by atoms with van der Waals surface area (Å²) < 4.78 is 19.5. The van der Waals surface area contributed by atoms with Crippen LogP contribution in [0.2, 0.25) is 0 Å². The molecular formula is C4H8NO3P. The first-order chi connectivity index (χ1) is 4.26. The van der Waals surface area contributed by atoms with E-state index in [-0.39, 0.29) is 0 Å². The quantitative estimate of drug-likeness (QED) is 0.551. The van der Waals surface area contributed by atoms with Crippen LogP contribution in [0, 0.1) is 11.3 Å². The van der Waals surface area contributed by atoms with Crippen LogP contribution in [-0.4, -0.2) is 20.1 Å². The lowest BCUT2D eigenvalue weighted by Gasteiger charge is -2.02. The minimum Gasteiger partial charge on any atom is -0.357 e. The van der Waals surface area contributed by atoms with Crippen molar-refractivity contribution in [2.75, 3.05) is 14.2 Å². The minimum absolute atomic E-state index is 0.903. The summed E-state index contributed by atoms with van der Waals surface area (Å²) in [5.74, 6) is -0.903. The van der Waals surface area contributed by atoms with E-state index in [4.69, 9.17) is 5.26 Å². The van der Waals surface area contributed by atoms with E-state index in [1.807, 2.05) is 0 Å². The van der Waals surface area contributed by atoms with Gasteiger partial charge in [-0.1, -0.05) is 0 Å². The Morgan fingerprint density at radius 3 is 2.33 bits per heavy atom. The minimum atomic E-state index is -2.30. The molecule has 0 saturated carbocycles. The largest absolute Gasteiger partial charge is 0.357 e. The summed E-state index contributed by atoms with van der Waals surface area (Å²) in [4.78, 5) is 0. The Balaban J connectivity index is 3.84. The maximum Gasteiger partial charge on any atom is 0.233 e. The van der Waals surface area contributed by atoms with Crippen molar-refractivity contribution in [3.8, 4) is 6.07 Å². The summed E-state index contributed by atoms with van der Waals surface area (Å²) >= 11 is 0. The average molecular weight is 149 g/mol. The monoisotopic (exact) mass is 149 g/mol. The van der Waals surface area contributed by atoms with Gasteiger partial charge in [0.15, 0.2) is 0 Å². The lowest BCUT2D eigenvalue weighted by Crippen LogP contribution is -2.00. The third-order valence-corrected chi connectivity index (χ3v) is 1.96. The van der Waals surface area contributed by atoms with Gasteiger partial charge in [0.2, 0.25) is 13.9 Å². The van der Waals surface area contributed by atoms with Crippen LogP contribution in [0.5, 0.6) is 0 Å². The van der Waals surface area contributed by atoms with Crippen LogP contribution in [0.3, 0.4) is 0 Å². The fourth-order valence-corrected chi connectivity index (χ4v) is 0.821. The van der Waals surface area contributed by atoms with Crippen LogP contribution in [0.15, 0.2) is 0 Å². The summed E-state index contributed by atoms with van der Waals surface area (Å²) in [7, 11) is 0.295. The third-order valence-electron chi connectivity index (χ3n) is 0.768. The van der Waals surface area contributed by atoms with Gasteiger partial charge < -0.3 is 9.26 Å². The van der Waals surface area contributed by atoms with Crippen molar-refractivity contribution in [3.63, 3.8) is 0 Å². The lowest BCUT2D eigenvalue weighted by atomic mass is 10.8. The summed E-state index contributed by atoms with van der Waals surface area (Å²) in [6, 6.07) is 1.69. The molecule has 2 unspecified atom stereocenters. The summed E-state index contributed by atoms with van der Waals surface area (Å²) in [6.45, 7) is 0. The highest BCUT2D eigenvalue weighted by Crippen LogP contribution is 2.27. The van der Waals surface area contributed by atoms with Crippen LogP contribution in [0.1, 0.15) is 0 Å². The van der Waals surface area contributed by atoms with E-state index in [2.05, 4.69) is 9.26 Å². The van der Waals surface area contributed by atoms with Gasteiger partial charge in [-0.2, -0.15) is 5.26 Å². The van der Waals surface area contributed by atoms with Gasteiger partial charge in [-0.3, -0.25) is 4.57 Å². The summed E-state index contributed by atoms with van der Waals surface area (Å²) in [6.07, 6.45) is 0. The molecule has 2 atom stereocenters. The number of hydrogen-bond donors (Lipinski definition) is 0. The topological polar surface area (TPSA) is 59.3 Å². The average Bonchev–Trinajstić information content (AvgIpc) is 1.90. The second-order valence-corrected chi connectivity index (χ2v) is 2.84. The van der Waals surface area contributed by atoms with Crippen LogP contribution in [0.4, 0.5) is 0 Å². The Kier molecular flexibility index (Phi) is 4.33. The molecule has 0 fully saturated rings. The lowest BCUT2D eigenvalue weighted by molar-refractivity contribution is 0.191. The molecular weight excluding hydrogens is 141 g/mol. The molecule has 0 amide bonds. The normalized spacial score (nSPS) is 16.1. The number of nitrogens with zero attached hydrogens (tertiary/aromatic N) is 1. The van der Waals surface area contributed by atoms with E-state index in [9.17, 15) is 4.57 Å². The van der Waals surface area contributed by atoms with E-state index < -0.39 is 13.9 Å². The molecule has 0 aliphatic carbocycles. The third kappa shape index (κ3) is 2.62. The Bertz CT molecular complexity index is 141. The highest BCUT2D eigenvalue weighted by atomic mass is 31.1. The van der Waals surface area contributed by atoms with Crippen molar-refractivity contribution < 1.29 is 13.8 Å². The molecule has 0 aromatic rings. The van der Waals surface area contributed by atoms with Crippen LogP contribution in [0.25, 0.3) is 0 Å². The van der Waals surface area contributed by atoms with E-state index in [0.29, 0.717) is 0 Å². The van der Waals surface area contributed by atoms with Crippen molar-refractivity contribution in [3.05, 3.63) is 0 Å². The molecule has 0 aromatic carbocycles. The molecule has 52 valence electrons. The number of hydrogen-bond acceptors (Lipinski definition) is 4. The Morgan fingerprint density at radius 2 is 2.22 bits per heavy atom. The van der Waals surface area contributed by atoms with Crippen LogP contribution >= 0.6 is 8.03 Å². The van der Waals surface area contributed by atoms with Gasteiger partial charge >= 0.3 is 0 Å². The molecule has 0 radical (unpaired) electrons. The Hall–Kier alpha value is -0.360. The first-order valence-electron chi connectivity index (χ1n) is 2.26. The second kappa shape index (κ2) is 4.51. The zero-order chi connectivity index (χ0) is 7.28. The predicted octanol–water partition coefficient (Wildman–Crippen LogP) is 0.604. The zero-order valence-corrected chi connectivity index (χ0v) is 6.25. The van der Waals surface area contributed by atoms with Gasteiger partial charge in [0.1, 0.15) is 6.07 Å². The van der Waals surface area contributed by atoms with Gasteiger partial charge in [-0.15, -0.1) is 0 Å². The molecule has 9 heavy (non-hydrogen) atoms. The molecule has 0 rings (SSSR count). The maximum atomic E-state index is 10.6. The number of methoxy groups -OCH3 is 1. The molecule has 0 bridgehead atoms. The molecule has 5 heteroatoms. The Morgan fingerprint density at radius 1 is 1.67 bits per heavy atom. The SMILES string of the molecule is COC(C#N)[PH](=O)OC. The fraction of sp³-hybridized carbons (Fsp3) is 0.750. The van der Waals surface area contributed by atoms with Gasteiger partial charge in [0.05, 0.1) is 0 Å². The first kappa shape index (κ1) is 8.64. The maximum absolute atomic E-state index is 10.6. The number of rotatable bonds is 3. The molecule has 0 aliphatic rings. The van der Waals surface area contributed by atoms with Crippen LogP contribution < -0.4 is 0 Å². The highest BCUT2D eigenvalue weighted by molar-refractivity contribution is 7.40. The first-order valence-corrected chi connectivity index (χ1v) is 3.66. The predicted molar refractivity (Wildman–Crippen MR) is 32.4 cm³/mol. The summed E-state index contributed by atoms with van der Waals surface area (Å²) in [5.41, 5.74) is 0. The molecule has 0 aromatic heterocycles. The number of nitriles is 1. The molecule has 4 nitrogen and oxygen atoms in total. The molecule has 0 aliphatic heterocycles.